The van der Waals surface area contributed by atoms with Crippen LogP contribution in [0.5, 0.6) is 0 Å². The van der Waals surface area contributed by atoms with Crippen molar-refractivity contribution in [2.24, 2.45) is 0 Å². The van der Waals surface area contributed by atoms with Crippen LogP contribution in [0, 0.1) is 0 Å². The number of hydrogen-bond donors (Lipinski definition) is 3. The third-order valence-electron chi connectivity index (χ3n) is 2.27. The van der Waals surface area contributed by atoms with Crippen LogP contribution in [-0.4, -0.2) is 39.1 Å². The molecular formula is C11H11ClN2O5. The average Bonchev–Trinajstić information content (AvgIpc) is 2.34. The Balaban J connectivity index is 2.74. The normalized spacial score (nSPS) is 11.6. The second-order valence-corrected chi connectivity index (χ2v) is 4.06. The van der Waals surface area contributed by atoms with Crippen LogP contribution < -0.4 is 5.32 Å². The highest BCUT2D eigenvalue weighted by Crippen LogP contribution is 2.13. The molecule has 19 heavy (non-hydrogen) atoms. The molecule has 3 N–H and O–H groups in total. The van der Waals surface area contributed by atoms with Gasteiger partial charge in [-0.2, -0.15) is 0 Å². The molecule has 102 valence electrons. The highest BCUT2D eigenvalue weighted by atomic mass is 35.5. The number of carboxylic acids is 2. The monoisotopic (exact) mass is 286 g/mol. The highest BCUT2D eigenvalue weighted by molar-refractivity contribution is 6.33. The van der Waals surface area contributed by atoms with E-state index in [9.17, 15) is 14.4 Å². The Morgan fingerprint density at radius 1 is 1.37 bits per heavy atom. The molecule has 1 atom stereocenters. The molecule has 0 aliphatic heterocycles. The van der Waals surface area contributed by atoms with Crippen LogP contribution in [-0.2, 0) is 9.59 Å². The standard InChI is InChI=1S/C11H11ClN2O5/c12-7-5-13-4-3-6(7)10(17)14-8(11(18)19)1-2-9(15)16/h3-5,8H,1-2H2,(H,14,17)(H,15,16)(H,18,19). The van der Waals surface area contributed by atoms with Crippen molar-refractivity contribution in [3.05, 3.63) is 29.0 Å². The predicted octanol–water partition coefficient (Wildman–Crippen LogP) is 0.783. The first-order valence-electron chi connectivity index (χ1n) is 5.26. The maximum atomic E-state index is 11.8. The summed E-state index contributed by atoms with van der Waals surface area (Å²) in [7, 11) is 0. The maximum absolute atomic E-state index is 11.8. The predicted molar refractivity (Wildman–Crippen MR) is 65.0 cm³/mol. The summed E-state index contributed by atoms with van der Waals surface area (Å²) in [5.74, 6) is -3.13. The van der Waals surface area contributed by atoms with Crippen LogP contribution in [0.15, 0.2) is 18.5 Å². The molecule has 0 radical (unpaired) electrons. The zero-order valence-corrected chi connectivity index (χ0v) is 10.4. The largest absolute Gasteiger partial charge is 0.481 e. The van der Waals surface area contributed by atoms with E-state index >= 15 is 0 Å². The molecule has 1 aromatic rings. The van der Waals surface area contributed by atoms with Crippen molar-refractivity contribution in [2.45, 2.75) is 18.9 Å². The fourth-order valence-electron chi connectivity index (χ4n) is 1.32. The van der Waals surface area contributed by atoms with E-state index in [1.807, 2.05) is 0 Å². The molecule has 1 rings (SSSR count). The summed E-state index contributed by atoms with van der Waals surface area (Å²) in [5.41, 5.74) is 0.0817. The van der Waals surface area contributed by atoms with Gasteiger partial charge in [0.15, 0.2) is 0 Å². The lowest BCUT2D eigenvalue weighted by Gasteiger charge is -2.13. The summed E-state index contributed by atoms with van der Waals surface area (Å²) < 4.78 is 0. The topological polar surface area (TPSA) is 117 Å². The molecule has 0 bridgehead atoms. The third kappa shape index (κ3) is 4.55. The van der Waals surface area contributed by atoms with Gasteiger partial charge in [-0.3, -0.25) is 14.6 Å². The minimum Gasteiger partial charge on any atom is -0.481 e. The van der Waals surface area contributed by atoms with Gasteiger partial charge in [-0.25, -0.2) is 4.79 Å². The van der Waals surface area contributed by atoms with Gasteiger partial charge < -0.3 is 15.5 Å². The number of pyridine rings is 1. The van der Waals surface area contributed by atoms with Crippen LogP contribution in [0.2, 0.25) is 5.02 Å². The molecule has 0 saturated heterocycles. The number of amides is 1. The molecule has 1 aromatic heterocycles. The number of rotatable bonds is 6. The first kappa shape index (κ1) is 14.9. The summed E-state index contributed by atoms with van der Waals surface area (Å²) in [6, 6.07) is 0.0566. The van der Waals surface area contributed by atoms with E-state index in [-0.39, 0.29) is 23.4 Å². The van der Waals surface area contributed by atoms with E-state index in [4.69, 9.17) is 21.8 Å². The first-order chi connectivity index (χ1) is 8.91. The van der Waals surface area contributed by atoms with Gasteiger partial charge in [0.05, 0.1) is 10.6 Å². The molecule has 7 nitrogen and oxygen atoms in total. The fourth-order valence-corrected chi connectivity index (χ4v) is 1.53. The highest BCUT2D eigenvalue weighted by Gasteiger charge is 2.22. The maximum Gasteiger partial charge on any atom is 0.326 e. The summed E-state index contributed by atoms with van der Waals surface area (Å²) in [6.45, 7) is 0. The van der Waals surface area contributed by atoms with Gasteiger partial charge in [-0.05, 0) is 12.5 Å². The average molecular weight is 287 g/mol. The van der Waals surface area contributed by atoms with E-state index in [0.717, 1.165) is 0 Å². The first-order valence-corrected chi connectivity index (χ1v) is 5.64. The lowest BCUT2D eigenvalue weighted by Crippen LogP contribution is -2.41. The molecule has 0 aromatic carbocycles. The number of carbonyl (C=O) groups excluding carboxylic acids is 1. The van der Waals surface area contributed by atoms with Crippen molar-refractivity contribution >= 4 is 29.4 Å². The van der Waals surface area contributed by atoms with Gasteiger partial charge in [0.25, 0.3) is 5.91 Å². The summed E-state index contributed by atoms with van der Waals surface area (Å²) >= 11 is 5.74. The number of hydrogen-bond acceptors (Lipinski definition) is 4. The van der Waals surface area contributed by atoms with Crippen molar-refractivity contribution in [1.29, 1.82) is 0 Å². The SMILES string of the molecule is O=C(O)CCC(NC(=O)c1ccncc1Cl)C(=O)O. The number of aromatic nitrogens is 1. The van der Waals surface area contributed by atoms with Gasteiger partial charge in [-0.1, -0.05) is 11.6 Å². The minimum atomic E-state index is -1.31. The number of aliphatic carboxylic acids is 2. The molecule has 0 spiro atoms. The van der Waals surface area contributed by atoms with E-state index in [2.05, 4.69) is 10.3 Å². The van der Waals surface area contributed by atoms with E-state index in [0.29, 0.717) is 0 Å². The zero-order chi connectivity index (χ0) is 14.4. The van der Waals surface area contributed by atoms with Crippen LogP contribution in [0.4, 0.5) is 0 Å². The molecular weight excluding hydrogens is 276 g/mol. The Morgan fingerprint density at radius 3 is 2.58 bits per heavy atom. The molecule has 0 saturated carbocycles. The van der Waals surface area contributed by atoms with Crippen LogP contribution in [0.3, 0.4) is 0 Å². The molecule has 0 fully saturated rings. The van der Waals surface area contributed by atoms with Gasteiger partial charge >= 0.3 is 11.9 Å². The number of nitrogens with one attached hydrogen (secondary N) is 1. The molecule has 1 amide bonds. The van der Waals surface area contributed by atoms with E-state index in [1.54, 1.807) is 0 Å². The van der Waals surface area contributed by atoms with E-state index in [1.165, 1.54) is 18.5 Å². The second kappa shape index (κ2) is 6.69. The van der Waals surface area contributed by atoms with Gasteiger partial charge in [0, 0.05) is 18.8 Å². The number of nitrogens with zero attached hydrogens (tertiary/aromatic N) is 1. The number of carbonyl (C=O) groups is 3. The van der Waals surface area contributed by atoms with Gasteiger partial charge in [0.1, 0.15) is 6.04 Å². The number of carboxylic acid groups (broad SMARTS) is 2. The molecule has 8 heteroatoms. The van der Waals surface area contributed by atoms with E-state index < -0.39 is 23.9 Å². The summed E-state index contributed by atoms with van der Waals surface area (Å²) in [4.78, 5) is 36.8. The fraction of sp³-hybridized carbons (Fsp3) is 0.273. The summed E-state index contributed by atoms with van der Waals surface area (Å²) in [5, 5.41) is 19.7. The molecule has 0 aliphatic carbocycles. The number of halogens is 1. The summed E-state index contributed by atoms with van der Waals surface area (Å²) in [6.07, 6.45) is 2.03. The minimum absolute atomic E-state index is 0.0817. The van der Waals surface area contributed by atoms with Crippen LogP contribution >= 0.6 is 11.6 Å². The zero-order valence-electron chi connectivity index (χ0n) is 9.67. The molecule has 0 aliphatic rings. The third-order valence-corrected chi connectivity index (χ3v) is 2.57. The Hall–Kier alpha value is -2.15. The molecule has 1 heterocycles. The van der Waals surface area contributed by atoms with Crippen LogP contribution in [0.1, 0.15) is 23.2 Å². The lowest BCUT2D eigenvalue weighted by atomic mass is 10.1. The van der Waals surface area contributed by atoms with Gasteiger partial charge in [-0.15, -0.1) is 0 Å². The Bertz CT molecular complexity index is 506. The van der Waals surface area contributed by atoms with Crippen molar-refractivity contribution < 1.29 is 24.6 Å². The van der Waals surface area contributed by atoms with Crippen molar-refractivity contribution in [2.75, 3.05) is 0 Å². The van der Waals surface area contributed by atoms with Crippen LogP contribution in [0.25, 0.3) is 0 Å². The van der Waals surface area contributed by atoms with Crippen molar-refractivity contribution in [3.63, 3.8) is 0 Å². The Labute approximate surface area is 113 Å². The smallest absolute Gasteiger partial charge is 0.326 e. The Kier molecular flexibility index (Phi) is 5.25. The van der Waals surface area contributed by atoms with Crippen molar-refractivity contribution in [1.82, 2.24) is 10.3 Å². The lowest BCUT2D eigenvalue weighted by molar-refractivity contribution is -0.140. The Morgan fingerprint density at radius 2 is 2.05 bits per heavy atom. The quantitative estimate of drug-likeness (QED) is 0.711. The molecule has 1 unspecified atom stereocenters. The van der Waals surface area contributed by atoms with Crippen molar-refractivity contribution in [3.8, 4) is 0 Å². The van der Waals surface area contributed by atoms with Gasteiger partial charge in [0.2, 0.25) is 0 Å². The second-order valence-electron chi connectivity index (χ2n) is 3.65.